The largest absolute Gasteiger partial charge is 0.481 e. The summed E-state index contributed by atoms with van der Waals surface area (Å²) in [6.07, 6.45) is 5.44. The minimum absolute atomic E-state index is 0.520. The molecule has 3 rings (SSSR count). The maximum atomic E-state index is 6.38. The van der Waals surface area contributed by atoms with Crippen molar-refractivity contribution in [1.29, 1.82) is 0 Å². The third kappa shape index (κ3) is 1.78. The fourth-order valence-corrected chi connectivity index (χ4v) is 3.28. The van der Waals surface area contributed by atoms with Gasteiger partial charge < -0.3 is 4.39 Å². The van der Waals surface area contributed by atoms with Crippen molar-refractivity contribution in [2.45, 2.75) is 39.5 Å². The molecule has 3 saturated heterocycles. The summed E-state index contributed by atoms with van der Waals surface area (Å²) in [6.45, 7) is 8.40. The molecular weight excluding hydrogens is 157 g/mol. The van der Waals surface area contributed by atoms with Gasteiger partial charge in [-0.3, -0.25) is 0 Å². The first-order valence-corrected chi connectivity index (χ1v) is 5.70. The zero-order valence-electron chi connectivity index (χ0n) is 9.05. The van der Waals surface area contributed by atoms with Crippen molar-refractivity contribution in [2.24, 2.45) is 11.3 Å². The smallest absolute Gasteiger partial charge is 0.396 e. The predicted molar refractivity (Wildman–Crippen MR) is 56.4 cm³/mol. The molecule has 0 aromatic carbocycles. The fraction of sp³-hybridized carbons (Fsp3) is 1.00. The van der Waals surface area contributed by atoms with Gasteiger partial charge >= 0.3 is 7.98 Å². The van der Waals surface area contributed by atoms with E-state index in [2.05, 4.69) is 13.8 Å². The molecule has 2 bridgehead atoms. The summed E-state index contributed by atoms with van der Waals surface area (Å²) >= 11 is 0. The zero-order chi connectivity index (χ0) is 9.53. The van der Waals surface area contributed by atoms with Crippen LogP contribution in [0.2, 0.25) is 0 Å². The molecule has 72 valence electrons. The van der Waals surface area contributed by atoms with Gasteiger partial charge in [0, 0.05) is 5.41 Å². The molecular formula is C11H21BN+. The summed E-state index contributed by atoms with van der Waals surface area (Å²) in [5, 5.41) is 0. The van der Waals surface area contributed by atoms with Crippen molar-refractivity contribution in [3.05, 3.63) is 0 Å². The third-order valence-corrected chi connectivity index (χ3v) is 4.30. The van der Waals surface area contributed by atoms with Gasteiger partial charge in [0.15, 0.2) is 0 Å². The van der Waals surface area contributed by atoms with Crippen molar-refractivity contribution in [3.63, 3.8) is 0 Å². The molecule has 0 amide bonds. The minimum Gasteiger partial charge on any atom is -0.396 e. The molecule has 0 aromatic heterocycles. The first-order valence-electron chi connectivity index (χ1n) is 5.70. The second-order valence-corrected chi connectivity index (χ2v) is 5.64. The highest BCUT2D eigenvalue weighted by atomic mass is 15.3. The highest BCUT2D eigenvalue weighted by Crippen LogP contribution is 2.42. The first-order chi connectivity index (χ1) is 6.05. The van der Waals surface area contributed by atoms with E-state index >= 15 is 0 Å². The van der Waals surface area contributed by atoms with Gasteiger partial charge in [-0.1, -0.05) is 13.8 Å². The normalized spacial score (nSPS) is 50.5. The van der Waals surface area contributed by atoms with Gasteiger partial charge in [-0.15, -0.1) is 0 Å². The monoisotopic (exact) mass is 178 g/mol. The van der Waals surface area contributed by atoms with E-state index in [1.165, 1.54) is 45.3 Å². The van der Waals surface area contributed by atoms with E-state index in [4.69, 9.17) is 7.98 Å². The summed E-state index contributed by atoms with van der Waals surface area (Å²) in [5.41, 5.74) is 0.520. The Labute approximate surface area is 83.5 Å². The molecule has 3 aliphatic rings. The molecule has 1 unspecified atom stereocenters. The molecule has 2 heteroatoms. The van der Waals surface area contributed by atoms with Crippen LogP contribution in [0.15, 0.2) is 0 Å². The van der Waals surface area contributed by atoms with Gasteiger partial charge in [0.05, 0.1) is 19.6 Å². The lowest BCUT2D eigenvalue weighted by Gasteiger charge is -2.40. The van der Waals surface area contributed by atoms with Gasteiger partial charge in [-0.05, 0) is 31.6 Å². The van der Waals surface area contributed by atoms with Crippen LogP contribution in [-0.4, -0.2) is 32.0 Å². The number of hydrogen-bond acceptors (Lipinski definition) is 0. The number of quaternary nitrogens is 1. The van der Waals surface area contributed by atoms with Crippen LogP contribution < -0.4 is 0 Å². The molecule has 1 nitrogen and oxygen atoms in total. The van der Waals surface area contributed by atoms with E-state index in [-0.39, 0.29) is 0 Å². The van der Waals surface area contributed by atoms with Crippen molar-refractivity contribution in [2.75, 3.05) is 19.6 Å². The Bertz CT molecular complexity index is 196. The Hall–Kier alpha value is 0.0249. The van der Waals surface area contributed by atoms with Crippen molar-refractivity contribution in [1.82, 2.24) is 0 Å². The van der Waals surface area contributed by atoms with Gasteiger partial charge in [0.1, 0.15) is 0 Å². The summed E-state index contributed by atoms with van der Waals surface area (Å²) in [4.78, 5) is 0. The molecule has 13 heavy (non-hydrogen) atoms. The lowest BCUT2D eigenvalue weighted by atomic mass is 9.79. The van der Waals surface area contributed by atoms with E-state index in [1.54, 1.807) is 0 Å². The van der Waals surface area contributed by atoms with Crippen LogP contribution in [0.25, 0.3) is 0 Å². The Morgan fingerprint density at radius 2 is 2.00 bits per heavy atom. The van der Waals surface area contributed by atoms with E-state index in [0.29, 0.717) is 5.41 Å². The van der Waals surface area contributed by atoms with Crippen LogP contribution in [0.1, 0.15) is 39.5 Å². The second kappa shape index (κ2) is 3.01. The first kappa shape index (κ1) is 9.58. The Morgan fingerprint density at radius 3 is 2.54 bits per heavy atom. The lowest BCUT2D eigenvalue weighted by molar-refractivity contribution is -0.827. The fourth-order valence-electron chi connectivity index (χ4n) is 3.28. The van der Waals surface area contributed by atoms with Gasteiger partial charge in [-0.2, -0.15) is 0 Å². The summed E-state index contributed by atoms with van der Waals surface area (Å²) in [5.74, 6) is 0.974. The molecule has 3 fully saturated rings. The summed E-state index contributed by atoms with van der Waals surface area (Å²) in [6, 6.07) is 0. The SMILES string of the molecule is [B][N+]12CCC(CC1)CC(C)(CC)C2. The molecule has 1 atom stereocenters. The maximum absolute atomic E-state index is 6.38. The molecule has 0 N–H and O–H groups in total. The van der Waals surface area contributed by atoms with Crippen LogP contribution in [-0.2, 0) is 0 Å². The van der Waals surface area contributed by atoms with Crippen LogP contribution in [0.4, 0.5) is 0 Å². The van der Waals surface area contributed by atoms with Crippen LogP contribution in [0, 0.1) is 11.3 Å². The molecule has 0 aliphatic carbocycles. The van der Waals surface area contributed by atoms with Crippen LogP contribution in [0.3, 0.4) is 0 Å². The van der Waals surface area contributed by atoms with E-state index in [0.717, 1.165) is 10.3 Å². The second-order valence-electron chi connectivity index (χ2n) is 5.64. The Kier molecular flexibility index (Phi) is 2.22. The third-order valence-electron chi connectivity index (χ3n) is 4.30. The molecule has 0 saturated carbocycles. The summed E-state index contributed by atoms with van der Waals surface area (Å²) in [7, 11) is 6.38. The average molecular weight is 178 g/mol. The topological polar surface area (TPSA) is 0 Å². The molecule has 3 aliphatic heterocycles. The van der Waals surface area contributed by atoms with Gasteiger partial charge in [0.2, 0.25) is 0 Å². The maximum Gasteiger partial charge on any atom is 0.481 e. The minimum atomic E-state index is 0.520. The average Bonchev–Trinajstić information content (AvgIpc) is 2.29. The number of nitrogens with zero attached hydrogens (tertiary/aromatic N) is 1. The molecule has 0 spiro atoms. The Morgan fingerprint density at radius 1 is 1.38 bits per heavy atom. The number of fused-ring (bicyclic) bond motifs is 4. The van der Waals surface area contributed by atoms with Gasteiger partial charge in [0.25, 0.3) is 0 Å². The van der Waals surface area contributed by atoms with Crippen LogP contribution >= 0.6 is 0 Å². The quantitative estimate of drug-likeness (QED) is 0.539. The summed E-state index contributed by atoms with van der Waals surface area (Å²) < 4.78 is 0.862. The van der Waals surface area contributed by atoms with Crippen molar-refractivity contribution >= 4 is 7.98 Å². The standard InChI is InChI=1S/C11H21BN/c1-3-11(2)8-10-4-6-13(12,9-11)7-5-10/h10H,3-9H2,1-2H3/q+1. The number of rotatable bonds is 1. The number of piperidine rings is 1. The predicted octanol–water partition coefficient (Wildman–Crippen LogP) is 2.12. The molecule has 3 heterocycles. The van der Waals surface area contributed by atoms with E-state index < -0.39 is 0 Å². The zero-order valence-corrected chi connectivity index (χ0v) is 9.05. The number of hydrogen-bond donors (Lipinski definition) is 0. The Balaban J connectivity index is 2.20. The molecule has 2 radical (unpaired) electrons. The van der Waals surface area contributed by atoms with Crippen molar-refractivity contribution in [3.8, 4) is 0 Å². The van der Waals surface area contributed by atoms with E-state index in [1.807, 2.05) is 0 Å². The van der Waals surface area contributed by atoms with Gasteiger partial charge in [-0.25, -0.2) is 0 Å². The van der Waals surface area contributed by atoms with E-state index in [9.17, 15) is 0 Å². The highest BCUT2D eigenvalue weighted by Gasteiger charge is 2.43. The lowest BCUT2D eigenvalue weighted by Crippen LogP contribution is -2.52. The van der Waals surface area contributed by atoms with Crippen molar-refractivity contribution < 1.29 is 4.39 Å². The highest BCUT2D eigenvalue weighted by molar-refractivity contribution is 5.97. The molecule has 0 aromatic rings. The van der Waals surface area contributed by atoms with Crippen LogP contribution in [0.5, 0.6) is 0 Å².